The minimum atomic E-state index is -4.66. The van der Waals surface area contributed by atoms with Gasteiger partial charge in [-0.1, -0.05) is 38.1 Å². The average Bonchev–Trinajstić information content (AvgIpc) is 3.24. The highest BCUT2D eigenvalue weighted by atomic mass is 32.2. The van der Waals surface area contributed by atoms with Crippen LogP contribution in [0.3, 0.4) is 0 Å². The number of rotatable bonds is 6. The number of hydrogen-bond acceptors (Lipinski definition) is 3. The van der Waals surface area contributed by atoms with Gasteiger partial charge in [-0.25, -0.2) is 8.42 Å². The minimum absolute atomic E-state index is 0.0761. The van der Waals surface area contributed by atoms with E-state index < -0.39 is 38.6 Å². The Morgan fingerprint density at radius 3 is 2.29 bits per heavy atom. The van der Waals surface area contributed by atoms with Crippen LogP contribution in [0.2, 0.25) is 0 Å². The lowest BCUT2D eigenvalue weighted by molar-refractivity contribution is -0.137. The van der Waals surface area contributed by atoms with Crippen molar-refractivity contribution in [1.29, 1.82) is 0 Å². The molecule has 9 heteroatoms. The number of aryl methyl sites for hydroxylation is 2. The molecule has 0 aromatic heterocycles. The fourth-order valence-electron chi connectivity index (χ4n) is 3.87. The first-order chi connectivity index (χ1) is 14.6. The molecule has 1 N–H and O–H groups in total. The first-order valence-electron chi connectivity index (χ1n) is 10.2. The first-order valence-corrected chi connectivity index (χ1v) is 11.6. The number of nitrogens with one attached hydrogen (secondary N) is 1. The molecule has 1 saturated heterocycles. The zero-order valence-corrected chi connectivity index (χ0v) is 18.2. The molecular formula is C22H25F3N2O3S. The predicted octanol–water partition coefficient (Wildman–Crippen LogP) is 4.62. The molecule has 0 saturated carbocycles. The summed E-state index contributed by atoms with van der Waals surface area (Å²) in [5.41, 5.74) is 1.52. The Labute approximate surface area is 180 Å². The Morgan fingerprint density at radius 2 is 1.71 bits per heavy atom. The van der Waals surface area contributed by atoms with Crippen molar-refractivity contribution in [2.75, 3.05) is 11.9 Å². The molecule has 1 aliphatic heterocycles. The highest BCUT2D eigenvalue weighted by Gasteiger charge is 2.40. The van der Waals surface area contributed by atoms with Gasteiger partial charge in [0.2, 0.25) is 15.9 Å². The highest BCUT2D eigenvalue weighted by Crippen LogP contribution is 2.33. The number of carbonyl (C=O) groups excluding carboxylic acids is 1. The molecule has 0 radical (unpaired) electrons. The second-order valence-electron chi connectivity index (χ2n) is 7.45. The Morgan fingerprint density at radius 1 is 1.10 bits per heavy atom. The van der Waals surface area contributed by atoms with E-state index in [2.05, 4.69) is 5.32 Å². The molecule has 3 rings (SSSR count). The molecule has 2 aromatic rings. The number of hydrogen-bond donors (Lipinski definition) is 1. The summed E-state index contributed by atoms with van der Waals surface area (Å²) in [6.07, 6.45) is -2.51. The van der Waals surface area contributed by atoms with Crippen molar-refractivity contribution in [1.82, 2.24) is 4.31 Å². The topological polar surface area (TPSA) is 66.5 Å². The molecule has 1 amide bonds. The molecule has 5 nitrogen and oxygen atoms in total. The SMILES string of the molecule is CCc1cccc(CC)c1NC(=O)[C@H]1CCCN1S(=O)(=O)c1cccc(C(F)(F)F)c1. The maximum Gasteiger partial charge on any atom is 0.416 e. The van der Waals surface area contributed by atoms with Crippen LogP contribution in [0.1, 0.15) is 43.4 Å². The second-order valence-corrected chi connectivity index (χ2v) is 9.34. The summed E-state index contributed by atoms with van der Waals surface area (Å²) in [4.78, 5) is 12.6. The van der Waals surface area contributed by atoms with Crippen molar-refractivity contribution in [3.05, 3.63) is 59.2 Å². The third-order valence-corrected chi connectivity index (χ3v) is 7.43. The van der Waals surface area contributed by atoms with Gasteiger partial charge in [0.15, 0.2) is 0 Å². The quantitative estimate of drug-likeness (QED) is 0.693. The summed E-state index contributed by atoms with van der Waals surface area (Å²) < 4.78 is 66.4. The molecule has 0 unspecified atom stereocenters. The normalized spacial score (nSPS) is 17.6. The molecular weight excluding hydrogens is 429 g/mol. The molecule has 0 bridgehead atoms. The molecule has 0 spiro atoms. The fraction of sp³-hybridized carbons (Fsp3) is 0.409. The van der Waals surface area contributed by atoms with Crippen molar-refractivity contribution in [2.45, 2.75) is 56.6 Å². The van der Waals surface area contributed by atoms with E-state index in [-0.39, 0.29) is 6.54 Å². The summed E-state index contributed by atoms with van der Waals surface area (Å²) in [5.74, 6) is -0.469. The molecule has 31 heavy (non-hydrogen) atoms. The molecule has 1 heterocycles. The molecule has 1 atom stereocenters. The van der Waals surface area contributed by atoms with Gasteiger partial charge in [-0.2, -0.15) is 17.5 Å². The lowest BCUT2D eigenvalue weighted by Crippen LogP contribution is -2.43. The van der Waals surface area contributed by atoms with Gasteiger partial charge < -0.3 is 5.32 Å². The maximum atomic E-state index is 13.1. The number of benzene rings is 2. The monoisotopic (exact) mass is 454 g/mol. The Balaban J connectivity index is 1.90. The van der Waals surface area contributed by atoms with Gasteiger partial charge in [0.1, 0.15) is 6.04 Å². The number of amides is 1. The van der Waals surface area contributed by atoms with Crippen LogP contribution in [-0.2, 0) is 33.8 Å². The van der Waals surface area contributed by atoms with Crippen LogP contribution in [0.15, 0.2) is 47.4 Å². The maximum absolute atomic E-state index is 13.1. The minimum Gasteiger partial charge on any atom is -0.324 e. The Hall–Kier alpha value is -2.39. The zero-order valence-electron chi connectivity index (χ0n) is 17.4. The van der Waals surface area contributed by atoms with Crippen LogP contribution in [0.25, 0.3) is 0 Å². The van der Waals surface area contributed by atoms with Crippen molar-refractivity contribution < 1.29 is 26.4 Å². The van der Waals surface area contributed by atoms with Crippen LogP contribution < -0.4 is 5.32 Å². The number of alkyl halides is 3. The van der Waals surface area contributed by atoms with Crippen LogP contribution in [-0.4, -0.2) is 31.2 Å². The predicted molar refractivity (Wildman–Crippen MR) is 112 cm³/mol. The number of sulfonamides is 1. The average molecular weight is 455 g/mol. The van der Waals surface area contributed by atoms with E-state index in [1.807, 2.05) is 32.0 Å². The van der Waals surface area contributed by atoms with Gasteiger partial charge in [0.25, 0.3) is 0 Å². The molecule has 168 valence electrons. The highest BCUT2D eigenvalue weighted by molar-refractivity contribution is 7.89. The summed E-state index contributed by atoms with van der Waals surface area (Å²) in [6.45, 7) is 4.00. The van der Waals surface area contributed by atoms with Crippen LogP contribution in [0.5, 0.6) is 0 Å². The molecule has 0 aliphatic carbocycles. The van der Waals surface area contributed by atoms with E-state index in [9.17, 15) is 26.4 Å². The van der Waals surface area contributed by atoms with Gasteiger partial charge in [-0.05, 0) is 55.0 Å². The summed E-state index contributed by atoms with van der Waals surface area (Å²) in [5, 5.41) is 2.89. The number of halogens is 3. The van der Waals surface area contributed by atoms with E-state index in [1.165, 1.54) is 0 Å². The zero-order chi connectivity index (χ0) is 22.8. The van der Waals surface area contributed by atoms with Crippen molar-refractivity contribution >= 4 is 21.6 Å². The fourth-order valence-corrected chi connectivity index (χ4v) is 5.57. The number of anilines is 1. The van der Waals surface area contributed by atoms with Gasteiger partial charge >= 0.3 is 6.18 Å². The van der Waals surface area contributed by atoms with Crippen LogP contribution in [0, 0.1) is 0 Å². The summed E-state index contributed by atoms with van der Waals surface area (Å²) >= 11 is 0. The van der Waals surface area contributed by atoms with Crippen LogP contribution in [0.4, 0.5) is 18.9 Å². The third-order valence-electron chi connectivity index (χ3n) is 5.52. The van der Waals surface area contributed by atoms with Gasteiger partial charge in [0, 0.05) is 12.2 Å². The van der Waals surface area contributed by atoms with Crippen molar-refractivity contribution in [3.63, 3.8) is 0 Å². The number of nitrogens with zero attached hydrogens (tertiary/aromatic N) is 1. The van der Waals surface area contributed by atoms with Gasteiger partial charge in [0.05, 0.1) is 10.5 Å². The van der Waals surface area contributed by atoms with Gasteiger partial charge in [-0.15, -0.1) is 0 Å². The Bertz CT molecular complexity index is 1050. The smallest absolute Gasteiger partial charge is 0.324 e. The van der Waals surface area contributed by atoms with Gasteiger partial charge in [-0.3, -0.25) is 4.79 Å². The second kappa shape index (κ2) is 9.00. The van der Waals surface area contributed by atoms with E-state index in [1.54, 1.807) is 0 Å². The van der Waals surface area contributed by atoms with E-state index in [4.69, 9.17) is 0 Å². The van der Waals surface area contributed by atoms with Crippen molar-refractivity contribution in [2.24, 2.45) is 0 Å². The van der Waals surface area contributed by atoms with E-state index >= 15 is 0 Å². The number of para-hydroxylation sites is 1. The largest absolute Gasteiger partial charge is 0.416 e. The molecule has 2 aromatic carbocycles. The van der Waals surface area contributed by atoms with E-state index in [0.29, 0.717) is 37.4 Å². The number of carbonyl (C=O) groups is 1. The summed E-state index contributed by atoms with van der Waals surface area (Å²) in [6, 6.07) is 8.36. The Kier molecular flexibility index (Phi) is 6.76. The summed E-state index contributed by atoms with van der Waals surface area (Å²) in [7, 11) is -4.27. The first kappa shape index (κ1) is 23.3. The van der Waals surface area contributed by atoms with E-state index in [0.717, 1.165) is 33.6 Å². The van der Waals surface area contributed by atoms with Crippen molar-refractivity contribution in [3.8, 4) is 0 Å². The standard InChI is InChI=1S/C22H25F3N2O3S/c1-3-15-8-5-9-16(4-2)20(15)26-21(28)19-12-7-13-27(19)31(29,30)18-11-6-10-17(14-18)22(23,24)25/h5-6,8-11,14,19H,3-4,7,12-13H2,1-2H3,(H,26,28)/t19-/m1/s1. The molecule has 1 fully saturated rings. The lowest BCUT2D eigenvalue weighted by Gasteiger charge is -2.25. The van der Waals surface area contributed by atoms with Crippen LogP contribution >= 0.6 is 0 Å². The molecule has 1 aliphatic rings. The lowest BCUT2D eigenvalue weighted by atomic mass is 10.0. The third kappa shape index (κ3) is 4.77.